The van der Waals surface area contributed by atoms with Gasteiger partial charge in [0.15, 0.2) is 0 Å². The van der Waals surface area contributed by atoms with Crippen LogP contribution in [0, 0.1) is 0 Å². The van der Waals surface area contributed by atoms with Crippen molar-refractivity contribution in [1.82, 2.24) is 15.1 Å². The highest BCUT2D eigenvalue weighted by Gasteiger charge is 2.27. The molecule has 1 aromatic heterocycles. The first kappa shape index (κ1) is 14.9. The van der Waals surface area contributed by atoms with Crippen LogP contribution in [-0.4, -0.2) is 33.6 Å². The Balaban J connectivity index is 1.64. The first-order chi connectivity index (χ1) is 11.7. The summed E-state index contributed by atoms with van der Waals surface area (Å²) >= 11 is 0. The summed E-state index contributed by atoms with van der Waals surface area (Å²) in [6.45, 7) is 1.26. The van der Waals surface area contributed by atoms with E-state index < -0.39 is 6.04 Å². The summed E-state index contributed by atoms with van der Waals surface area (Å²) < 4.78 is 0. The smallest absolute Gasteiger partial charge is 0.240 e. The van der Waals surface area contributed by atoms with Gasteiger partial charge in [0.05, 0.1) is 17.8 Å². The highest BCUT2D eigenvalue weighted by Crippen LogP contribution is 2.26. The van der Waals surface area contributed by atoms with Gasteiger partial charge in [0.1, 0.15) is 0 Å². The van der Waals surface area contributed by atoms with E-state index in [1.807, 2.05) is 35.4 Å². The van der Waals surface area contributed by atoms with Crippen LogP contribution in [0.5, 0.6) is 0 Å². The Kier molecular flexibility index (Phi) is 3.78. The molecule has 5 heteroatoms. The number of hydrogen-bond acceptors (Lipinski definition) is 3. The van der Waals surface area contributed by atoms with Crippen LogP contribution in [0.25, 0.3) is 10.9 Å². The molecule has 2 heterocycles. The predicted octanol–water partition coefficient (Wildman–Crippen LogP) is 2.02. The van der Waals surface area contributed by atoms with Gasteiger partial charge < -0.3 is 10.6 Å². The van der Waals surface area contributed by atoms with E-state index in [1.165, 1.54) is 5.56 Å². The second-order valence-corrected chi connectivity index (χ2v) is 6.34. The van der Waals surface area contributed by atoms with Crippen molar-refractivity contribution >= 4 is 16.8 Å². The molecule has 0 radical (unpaired) electrons. The van der Waals surface area contributed by atoms with Gasteiger partial charge in [-0.15, -0.1) is 0 Å². The van der Waals surface area contributed by atoms with E-state index in [9.17, 15) is 4.79 Å². The molecule has 1 atom stereocenters. The highest BCUT2D eigenvalue weighted by molar-refractivity contribution is 5.87. The second-order valence-electron chi connectivity index (χ2n) is 6.34. The summed E-state index contributed by atoms with van der Waals surface area (Å²) in [6, 6.07) is 13.8. The number of hydrogen-bond donors (Lipinski definition) is 2. The number of aromatic amines is 1. The molecule has 3 aromatic rings. The second kappa shape index (κ2) is 6.09. The highest BCUT2D eigenvalue weighted by atomic mass is 16.2. The van der Waals surface area contributed by atoms with Gasteiger partial charge in [0.25, 0.3) is 0 Å². The van der Waals surface area contributed by atoms with Gasteiger partial charge >= 0.3 is 0 Å². The third kappa shape index (κ3) is 2.67. The predicted molar refractivity (Wildman–Crippen MR) is 93.3 cm³/mol. The Morgan fingerprint density at radius 1 is 1.21 bits per heavy atom. The number of rotatable bonds is 3. The van der Waals surface area contributed by atoms with Crippen molar-refractivity contribution in [2.45, 2.75) is 25.4 Å². The van der Waals surface area contributed by atoms with Gasteiger partial charge in [0, 0.05) is 18.5 Å². The lowest BCUT2D eigenvalue weighted by Crippen LogP contribution is -2.43. The molecule has 1 aliphatic heterocycles. The molecule has 0 bridgehead atoms. The summed E-state index contributed by atoms with van der Waals surface area (Å²) in [7, 11) is 0. The maximum atomic E-state index is 12.7. The largest absolute Gasteiger partial charge is 0.337 e. The first-order valence-electron chi connectivity index (χ1n) is 8.24. The van der Waals surface area contributed by atoms with Crippen LogP contribution in [0.3, 0.4) is 0 Å². The average Bonchev–Trinajstić information content (AvgIpc) is 3.04. The van der Waals surface area contributed by atoms with Crippen LogP contribution >= 0.6 is 0 Å². The van der Waals surface area contributed by atoms with Crippen molar-refractivity contribution in [3.63, 3.8) is 0 Å². The fourth-order valence-electron chi connectivity index (χ4n) is 3.42. The number of H-pyrrole nitrogens is 1. The number of nitrogens with zero attached hydrogens (tertiary/aromatic N) is 2. The molecule has 122 valence electrons. The molecule has 5 nitrogen and oxygen atoms in total. The van der Waals surface area contributed by atoms with Gasteiger partial charge in [-0.3, -0.25) is 9.89 Å². The molecule has 0 saturated carbocycles. The molecule has 1 aliphatic rings. The minimum absolute atomic E-state index is 0.0266. The summed E-state index contributed by atoms with van der Waals surface area (Å²) in [5.41, 5.74) is 10.7. The van der Waals surface area contributed by atoms with Crippen LogP contribution in [0.2, 0.25) is 0 Å². The van der Waals surface area contributed by atoms with Gasteiger partial charge in [0.2, 0.25) is 5.91 Å². The number of carbonyl (C=O) groups is 1. The fraction of sp³-hybridized carbons (Fsp3) is 0.263. The van der Waals surface area contributed by atoms with Crippen molar-refractivity contribution in [1.29, 1.82) is 0 Å². The Labute approximate surface area is 140 Å². The topological polar surface area (TPSA) is 75.0 Å². The third-order valence-corrected chi connectivity index (χ3v) is 4.76. The summed E-state index contributed by atoms with van der Waals surface area (Å²) in [4.78, 5) is 14.6. The van der Waals surface area contributed by atoms with Crippen molar-refractivity contribution in [3.8, 4) is 0 Å². The molecule has 3 N–H and O–H groups in total. The van der Waals surface area contributed by atoms with Gasteiger partial charge in [-0.05, 0) is 35.6 Å². The van der Waals surface area contributed by atoms with E-state index in [4.69, 9.17) is 5.73 Å². The number of nitrogens with one attached hydrogen (secondary N) is 1. The third-order valence-electron chi connectivity index (χ3n) is 4.76. The maximum Gasteiger partial charge on any atom is 0.240 e. The maximum absolute atomic E-state index is 12.7. The lowest BCUT2D eigenvalue weighted by molar-refractivity contribution is -0.132. The standard InChI is InChI=1S/C19H20N4O/c20-17-10-14-6-7-18-15(11-21-22-18)16(14)12-23(19(17)24)9-8-13-4-2-1-3-5-13/h1-7,11,17H,8-10,12,20H2,(H,21,22)/t17-/m1/s1. The van der Waals surface area contributed by atoms with Gasteiger partial charge in [-0.25, -0.2) is 0 Å². The van der Waals surface area contributed by atoms with E-state index >= 15 is 0 Å². The van der Waals surface area contributed by atoms with E-state index in [2.05, 4.69) is 28.4 Å². The molecule has 2 aromatic carbocycles. The van der Waals surface area contributed by atoms with Gasteiger partial charge in [-0.1, -0.05) is 36.4 Å². The summed E-state index contributed by atoms with van der Waals surface area (Å²) in [5.74, 6) is 0.0266. The number of amides is 1. The van der Waals surface area contributed by atoms with Crippen molar-refractivity contribution in [2.24, 2.45) is 5.73 Å². The SMILES string of the molecule is N[C@@H]1Cc2ccc3[nH]ncc3c2CN(CCc2ccccc2)C1=O. The average molecular weight is 320 g/mol. The zero-order valence-electron chi connectivity index (χ0n) is 13.4. The van der Waals surface area contributed by atoms with E-state index in [1.54, 1.807) is 0 Å². The fourth-order valence-corrected chi connectivity index (χ4v) is 3.42. The minimum Gasteiger partial charge on any atom is -0.337 e. The number of aromatic nitrogens is 2. The van der Waals surface area contributed by atoms with Crippen molar-refractivity contribution in [2.75, 3.05) is 6.54 Å². The molecule has 0 fully saturated rings. The van der Waals surface area contributed by atoms with Crippen LogP contribution in [0.15, 0.2) is 48.7 Å². The van der Waals surface area contributed by atoms with E-state index in [0.717, 1.165) is 28.5 Å². The number of fused-ring (bicyclic) bond motifs is 3. The molecule has 0 saturated heterocycles. The van der Waals surface area contributed by atoms with Gasteiger partial charge in [-0.2, -0.15) is 5.10 Å². The Hall–Kier alpha value is -2.66. The normalized spacial score (nSPS) is 17.8. The quantitative estimate of drug-likeness (QED) is 0.775. The van der Waals surface area contributed by atoms with E-state index in [0.29, 0.717) is 19.5 Å². The monoisotopic (exact) mass is 320 g/mol. The van der Waals surface area contributed by atoms with Crippen molar-refractivity contribution in [3.05, 3.63) is 65.4 Å². The number of nitrogens with two attached hydrogens (primary N) is 1. The molecular weight excluding hydrogens is 300 g/mol. The Morgan fingerprint density at radius 2 is 2.04 bits per heavy atom. The van der Waals surface area contributed by atoms with Crippen LogP contribution < -0.4 is 5.73 Å². The molecule has 0 aliphatic carbocycles. The summed E-state index contributed by atoms with van der Waals surface area (Å²) in [6.07, 6.45) is 3.25. The molecule has 0 unspecified atom stereocenters. The molecule has 24 heavy (non-hydrogen) atoms. The zero-order chi connectivity index (χ0) is 16.5. The molecule has 0 spiro atoms. The number of benzene rings is 2. The molecular formula is C19H20N4O. The summed E-state index contributed by atoms with van der Waals surface area (Å²) in [5, 5.41) is 8.22. The van der Waals surface area contributed by atoms with Crippen LogP contribution in [-0.2, 0) is 24.2 Å². The number of carbonyl (C=O) groups excluding carboxylic acids is 1. The van der Waals surface area contributed by atoms with Crippen molar-refractivity contribution < 1.29 is 4.79 Å². The minimum atomic E-state index is -0.480. The Bertz CT molecular complexity index is 871. The lowest BCUT2D eigenvalue weighted by atomic mass is 9.99. The Morgan fingerprint density at radius 3 is 2.88 bits per heavy atom. The van der Waals surface area contributed by atoms with E-state index in [-0.39, 0.29) is 5.91 Å². The first-order valence-corrected chi connectivity index (χ1v) is 8.24. The van der Waals surface area contributed by atoms with Crippen LogP contribution in [0.4, 0.5) is 0 Å². The molecule has 1 amide bonds. The zero-order valence-corrected chi connectivity index (χ0v) is 13.4. The van der Waals surface area contributed by atoms with Crippen LogP contribution in [0.1, 0.15) is 16.7 Å². The lowest BCUT2D eigenvalue weighted by Gasteiger charge is -2.23. The molecule has 4 rings (SSSR count).